The number of carbonyl (C=O) groups is 2. The number of amides is 2. The van der Waals surface area contributed by atoms with E-state index in [1.165, 1.54) is 34.7 Å². The summed E-state index contributed by atoms with van der Waals surface area (Å²) in [7, 11) is 1.17. The van der Waals surface area contributed by atoms with E-state index >= 15 is 0 Å². The summed E-state index contributed by atoms with van der Waals surface area (Å²) in [5, 5.41) is 8.98. The lowest BCUT2D eigenvalue weighted by Gasteiger charge is -2.37. The van der Waals surface area contributed by atoms with Crippen molar-refractivity contribution in [3.05, 3.63) is 0 Å². The summed E-state index contributed by atoms with van der Waals surface area (Å²) in [5.41, 5.74) is -1.59. The van der Waals surface area contributed by atoms with Crippen molar-refractivity contribution in [1.29, 1.82) is 0 Å². The summed E-state index contributed by atoms with van der Waals surface area (Å²) >= 11 is 0. The van der Waals surface area contributed by atoms with Crippen LogP contribution in [-0.4, -0.2) is 58.3 Å². The van der Waals surface area contributed by atoms with Crippen molar-refractivity contribution in [2.24, 2.45) is 0 Å². The van der Waals surface area contributed by atoms with E-state index < -0.39 is 36.3 Å². The topological polar surface area (TPSA) is 60.9 Å². The first kappa shape index (κ1) is 17.5. The Morgan fingerprint density at radius 1 is 1.21 bits per heavy atom. The Kier molecular flexibility index (Phi) is 5.23. The lowest BCUT2D eigenvalue weighted by Crippen LogP contribution is -2.57. The van der Waals surface area contributed by atoms with Crippen LogP contribution in [0.4, 0.5) is 18.0 Å². The van der Waals surface area contributed by atoms with Gasteiger partial charge >= 0.3 is 18.2 Å². The van der Waals surface area contributed by atoms with Gasteiger partial charge in [-0.05, 0) is 27.7 Å². The lowest BCUT2D eigenvalue weighted by atomic mass is 10.0. The molecule has 0 atom stereocenters. The number of hydrogen-bond donors (Lipinski definition) is 1. The molecule has 112 valence electrons. The van der Waals surface area contributed by atoms with E-state index in [9.17, 15) is 22.8 Å². The van der Waals surface area contributed by atoms with Crippen LogP contribution in [0.15, 0.2) is 0 Å². The molecule has 8 heteroatoms. The fourth-order valence-corrected chi connectivity index (χ4v) is 1.24. The van der Waals surface area contributed by atoms with Gasteiger partial charge in [0.25, 0.3) is 0 Å². The summed E-state index contributed by atoms with van der Waals surface area (Å²) in [6.07, 6.45) is -4.53. The van der Waals surface area contributed by atoms with Gasteiger partial charge in [-0.3, -0.25) is 0 Å². The monoisotopic (exact) mass is 284 g/mol. The average molecular weight is 284 g/mol. The second-order valence-corrected chi connectivity index (χ2v) is 5.04. The molecule has 0 rings (SSSR count). The number of halogens is 3. The molecule has 0 bridgehead atoms. The molecular weight excluding hydrogens is 265 g/mol. The van der Waals surface area contributed by atoms with E-state index in [1.807, 2.05) is 0 Å². The van der Waals surface area contributed by atoms with Crippen LogP contribution in [0.1, 0.15) is 27.7 Å². The molecule has 0 heterocycles. The molecule has 0 fully saturated rings. The van der Waals surface area contributed by atoms with Crippen LogP contribution < -0.4 is 0 Å². The van der Waals surface area contributed by atoms with Crippen molar-refractivity contribution in [3.63, 3.8) is 0 Å². The number of hydrogen-bond acceptors (Lipinski definition) is 2. The van der Waals surface area contributed by atoms with Gasteiger partial charge in [-0.25, -0.2) is 9.59 Å². The summed E-state index contributed by atoms with van der Waals surface area (Å²) in [5.74, 6) is -1.29. The van der Waals surface area contributed by atoms with Crippen molar-refractivity contribution in [2.75, 3.05) is 13.6 Å². The Balaban J connectivity index is 5.17. The molecular formula is C11H19F3N2O3. The Morgan fingerprint density at radius 3 is 1.89 bits per heavy atom. The molecule has 1 N–H and O–H groups in total. The van der Waals surface area contributed by atoms with Gasteiger partial charge in [0.05, 0.1) is 0 Å². The van der Waals surface area contributed by atoms with Gasteiger partial charge in [-0.2, -0.15) is 13.2 Å². The molecule has 0 aliphatic heterocycles. The molecule has 0 unspecified atom stereocenters. The zero-order valence-electron chi connectivity index (χ0n) is 11.6. The predicted octanol–water partition coefficient (Wildman–Crippen LogP) is 2.17. The van der Waals surface area contributed by atoms with Crippen LogP contribution in [0, 0.1) is 0 Å². The van der Waals surface area contributed by atoms with Crippen LogP contribution in [-0.2, 0) is 4.79 Å². The first-order valence-corrected chi connectivity index (χ1v) is 5.65. The molecule has 0 saturated carbocycles. The Bertz CT molecular complexity index is 354. The number of rotatable bonds is 4. The van der Waals surface area contributed by atoms with Crippen LogP contribution in [0.5, 0.6) is 0 Å². The van der Waals surface area contributed by atoms with Crippen molar-refractivity contribution >= 4 is 12.0 Å². The first-order chi connectivity index (χ1) is 8.30. The number of alkyl halides is 3. The average Bonchev–Trinajstić information content (AvgIpc) is 2.22. The molecule has 0 saturated heterocycles. The number of likely N-dealkylation sites (N-methyl/N-ethyl adjacent to an activating group) is 1. The van der Waals surface area contributed by atoms with Gasteiger partial charge in [0.1, 0.15) is 12.1 Å². The fourth-order valence-electron chi connectivity index (χ4n) is 1.24. The van der Waals surface area contributed by atoms with E-state index in [4.69, 9.17) is 5.11 Å². The molecule has 0 aromatic carbocycles. The number of carboxylic acid groups (broad SMARTS) is 1. The van der Waals surface area contributed by atoms with E-state index in [2.05, 4.69) is 0 Å². The maximum atomic E-state index is 12.4. The Morgan fingerprint density at radius 2 is 1.63 bits per heavy atom. The van der Waals surface area contributed by atoms with Crippen molar-refractivity contribution < 1.29 is 27.9 Å². The quantitative estimate of drug-likeness (QED) is 0.860. The molecule has 5 nitrogen and oxygen atoms in total. The SMILES string of the molecule is CC(C)N(CC(F)(F)F)C(=O)N(C)C(C)(C)C(=O)O. The Labute approximate surface area is 110 Å². The predicted molar refractivity (Wildman–Crippen MR) is 62.8 cm³/mol. The number of nitrogens with zero attached hydrogens (tertiary/aromatic N) is 2. The van der Waals surface area contributed by atoms with Crippen LogP contribution in [0.2, 0.25) is 0 Å². The minimum absolute atomic E-state index is 0.588. The normalized spacial score (nSPS) is 12.5. The van der Waals surface area contributed by atoms with Gasteiger partial charge in [-0.15, -0.1) is 0 Å². The van der Waals surface area contributed by atoms with Crippen molar-refractivity contribution in [1.82, 2.24) is 9.80 Å². The second kappa shape index (κ2) is 5.66. The molecule has 0 aliphatic carbocycles. The maximum absolute atomic E-state index is 12.4. The van der Waals surface area contributed by atoms with E-state index in [1.54, 1.807) is 0 Å². The van der Waals surface area contributed by atoms with E-state index in [-0.39, 0.29) is 0 Å². The van der Waals surface area contributed by atoms with E-state index in [0.29, 0.717) is 4.90 Å². The highest BCUT2D eigenvalue weighted by molar-refractivity contribution is 5.85. The van der Waals surface area contributed by atoms with Gasteiger partial charge in [0.2, 0.25) is 0 Å². The van der Waals surface area contributed by atoms with Crippen LogP contribution >= 0.6 is 0 Å². The van der Waals surface area contributed by atoms with Crippen LogP contribution in [0.3, 0.4) is 0 Å². The van der Waals surface area contributed by atoms with E-state index in [0.717, 1.165) is 4.90 Å². The third kappa shape index (κ3) is 4.60. The van der Waals surface area contributed by atoms with Crippen molar-refractivity contribution in [2.45, 2.75) is 45.5 Å². The first-order valence-electron chi connectivity index (χ1n) is 5.65. The minimum Gasteiger partial charge on any atom is -0.480 e. The number of aliphatic carboxylic acids is 1. The summed E-state index contributed by atoms with van der Waals surface area (Å²) in [4.78, 5) is 24.4. The minimum atomic E-state index is -4.53. The maximum Gasteiger partial charge on any atom is 0.406 e. The van der Waals surface area contributed by atoms with Gasteiger partial charge < -0.3 is 14.9 Å². The summed E-state index contributed by atoms with van der Waals surface area (Å²) in [6, 6.07) is -1.67. The fraction of sp³-hybridized carbons (Fsp3) is 0.818. The molecule has 0 aromatic heterocycles. The third-order valence-corrected chi connectivity index (χ3v) is 2.87. The molecule has 0 aliphatic rings. The molecule has 0 spiro atoms. The zero-order valence-corrected chi connectivity index (χ0v) is 11.6. The van der Waals surface area contributed by atoms with Gasteiger partial charge in [0, 0.05) is 13.1 Å². The highest BCUT2D eigenvalue weighted by Gasteiger charge is 2.41. The number of carbonyl (C=O) groups excluding carboxylic acids is 1. The Hall–Kier alpha value is -1.47. The second-order valence-electron chi connectivity index (χ2n) is 5.04. The van der Waals surface area contributed by atoms with Crippen molar-refractivity contribution in [3.8, 4) is 0 Å². The molecule has 0 radical (unpaired) electrons. The summed E-state index contributed by atoms with van der Waals surface area (Å²) < 4.78 is 37.2. The lowest BCUT2D eigenvalue weighted by molar-refractivity contribution is -0.150. The highest BCUT2D eigenvalue weighted by atomic mass is 19.4. The largest absolute Gasteiger partial charge is 0.480 e. The molecule has 2 amide bonds. The standard InChI is InChI=1S/C11H19F3N2O3/c1-7(2)16(6-11(12,13)14)9(19)15(5)10(3,4)8(17)18/h7H,6H2,1-5H3,(H,17,18). The number of carboxylic acids is 1. The highest BCUT2D eigenvalue weighted by Crippen LogP contribution is 2.21. The zero-order chi connectivity index (χ0) is 15.6. The van der Waals surface area contributed by atoms with Crippen LogP contribution in [0.25, 0.3) is 0 Å². The summed E-state index contributed by atoms with van der Waals surface area (Å²) in [6.45, 7) is 3.96. The number of urea groups is 1. The van der Waals surface area contributed by atoms with Gasteiger partial charge in [0.15, 0.2) is 0 Å². The molecule has 19 heavy (non-hydrogen) atoms. The smallest absolute Gasteiger partial charge is 0.406 e. The third-order valence-electron chi connectivity index (χ3n) is 2.87. The van der Waals surface area contributed by atoms with Gasteiger partial charge in [-0.1, -0.05) is 0 Å². The molecule has 0 aromatic rings.